The number of aliphatic hydroxyl groups is 1. The minimum absolute atomic E-state index is 0.197. The molecule has 2 aromatic carbocycles. The number of alkyl halides is 8. The van der Waals surface area contributed by atoms with Crippen molar-refractivity contribution >= 4 is 29.8 Å². The monoisotopic (exact) mass is 1130 g/mol. The van der Waals surface area contributed by atoms with Crippen LogP contribution in [0.3, 0.4) is 0 Å². The van der Waals surface area contributed by atoms with E-state index in [9.17, 15) is 59.4 Å². The van der Waals surface area contributed by atoms with Gasteiger partial charge in [-0.3, -0.25) is 19.9 Å². The maximum absolute atomic E-state index is 16.0. The van der Waals surface area contributed by atoms with Gasteiger partial charge >= 0.3 is 31.1 Å². The van der Waals surface area contributed by atoms with E-state index in [1.54, 1.807) is 17.6 Å². The van der Waals surface area contributed by atoms with Gasteiger partial charge in [-0.2, -0.15) is 40.2 Å². The molecule has 4 heterocycles. The quantitative estimate of drug-likeness (QED) is 0.0436. The lowest BCUT2D eigenvalue weighted by molar-refractivity contribution is -0.221. The fourth-order valence-corrected chi connectivity index (χ4v) is 8.52. The van der Waals surface area contributed by atoms with E-state index >= 15 is 8.78 Å². The number of fused-ring (bicyclic) bond motifs is 1. The molecule has 2 saturated heterocycles. The molecule has 0 spiro atoms. The van der Waals surface area contributed by atoms with Crippen LogP contribution in [0, 0.1) is 34.3 Å². The van der Waals surface area contributed by atoms with Gasteiger partial charge in [-0.25, -0.2) is 33.0 Å². The van der Waals surface area contributed by atoms with Crippen LogP contribution in [0.5, 0.6) is 0 Å². The number of benzene rings is 2. The summed E-state index contributed by atoms with van der Waals surface area (Å²) < 4.78 is 161. The number of pyridine rings is 1. The van der Waals surface area contributed by atoms with Crippen molar-refractivity contribution in [3.63, 3.8) is 0 Å². The second-order valence-corrected chi connectivity index (χ2v) is 19.8. The van der Waals surface area contributed by atoms with Gasteiger partial charge in [0.25, 0.3) is 5.91 Å². The lowest BCUT2D eigenvalue weighted by atomic mass is 9.82. The number of amides is 4. The van der Waals surface area contributed by atoms with Crippen molar-refractivity contribution in [2.75, 3.05) is 65.1 Å². The van der Waals surface area contributed by atoms with Crippen molar-refractivity contribution < 1.29 is 82.4 Å². The lowest BCUT2D eigenvalue weighted by Crippen LogP contribution is -2.63. The molecule has 0 aliphatic carbocycles. The molecular weight excluding hydrogens is 1070 g/mol. The summed E-state index contributed by atoms with van der Waals surface area (Å²) in [5, 5.41) is 22.0. The highest BCUT2D eigenvalue weighted by atomic mass is 19.4. The average Bonchev–Trinajstić information content (AvgIpc) is 3.93. The highest BCUT2D eigenvalue weighted by Crippen LogP contribution is 2.42. The number of ether oxygens (including phenoxy) is 3. The van der Waals surface area contributed by atoms with Gasteiger partial charge < -0.3 is 40.2 Å². The van der Waals surface area contributed by atoms with Crippen LogP contribution in [-0.2, 0) is 36.8 Å². The van der Waals surface area contributed by atoms with Crippen molar-refractivity contribution in [2.45, 2.75) is 89.8 Å². The van der Waals surface area contributed by atoms with Gasteiger partial charge in [-0.05, 0) is 82.1 Å². The molecule has 5 N–H and O–H groups in total. The first-order chi connectivity index (χ1) is 37.0. The number of anilines is 1. The number of nitrogens with zero attached hydrogens (tertiary/aromatic N) is 6. The number of methoxy groups -OCH3 is 2. The Kier molecular flexibility index (Phi) is 19.5. The Balaban J connectivity index is 1.33. The number of aromatic nitrogens is 3. The van der Waals surface area contributed by atoms with Crippen molar-refractivity contribution in [1.82, 2.24) is 46.0 Å². The van der Waals surface area contributed by atoms with Crippen LogP contribution in [0.4, 0.5) is 59.3 Å². The summed E-state index contributed by atoms with van der Waals surface area (Å²) in [5.41, 5.74) is -4.46. The van der Waals surface area contributed by atoms with E-state index in [1.807, 2.05) is 16.8 Å². The van der Waals surface area contributed by atoms with E-state index in [2.05, 4.69) is 46.5 Å². The van der Waals surface area contributed by atoms with Crippen molar-refractivity contribution in [2.24, 2.45) is 10.8 Å². The molecule has 4 aromatic rings. The Morgan fingerprint density at radius 2 is 1.39 bits per heavy atom. The summed E-state index contributed by atoms with van der Waals surface area (Å²) in [6.45, 7) is 1.45. The van der Waals surface area contributed by atoms with Crippen molar-refractivity contribution in [1.29, 1.82) is 0 Å². The summed E-state index contributed by atoms with van der Waals surface area (Å²) in [6, 6.07) is 5.47. The SMILES string of the molecule is COC(=O)NC(C(=O)N[C@@H](Cc1ccc(C#Cc2ccc(N3CCN4CCOC[C@H]4C3)nc2)cc1)[C@@H](O)CN(Cc1c(F)cc(-c2ccn(C(F)F)n2)cc1F)NC(=O)C(NC(=O)OC)C(C)(C)C(F)(F)F)C(C)(C)C(F)(F)F. The molecule has 6 rings (SSSR count). The van der Waals surface area contributed by atoms with E-state index in [-0.39, 0.29) is 27.5 Å². The van der Waals surface area contributed by atoms with Crippen LogP contribution in [0.15, 0.2) is 67.0 Å². The molecule has 0 bridgehead atoms. The van der Waals surface area contributed by atoms with E-state index in [0.29, 0.717) is 69.2 Å². The smallest absolute Gasteiger partial charge is 0.407 e. The fourth-order valence-electron chi connectivity index (χ4n) is 8.52. The number of carbonyl (C=O) groups excluding carboxylic acids is 4. The minimum Gasteiger partial charge on any atom is -0.453 e. The zero-order valence-electron chi connectivity index (χ0n) is 43.4. The number of nitrogens with one attached hydrogen (secondary N) is 4. The Hall–Kier alpha value is -7.22. The average molecular weight is 1130 g/mol. The molecule has 2 aliphatic rings. The summed E-state index contributed by atoms with van der Waals surface area (Å²) >= 11 is 0. The molecule has 2 fully saturated rings. The molecule has 430 valence electrons. The van der Waals surface area contributed by atoms with Crippen LogP contribution in [0.25, 0.3) is 11.3 Å². The number of alkyl carbamates (subject to hydrolysis) is 2. The number of hydrogen-bond donors (Lipinski definition) is 5. The highest BCUT2D eigenvalue weighted by Gasteiger charge is 2.57. The molecule has 0 saturated carbocycles. The number of piperazine rings is 1. The Labute approximate surface area is 447 Å². The molecule has 0 radical (unpaired) electrons. The summed E-state index contributed by atoms with van der Waals surface area (Å²) in [5.74, 6) is 0.679. The molecule has 5 atom stereocenters. The Morgan fingerprint density at radius 3 is 1.94 bits per heavy atom. The van der Waals surface area contributed by atoms with Gasteiger partial charge in [0, 0.05) is 73.9 Å². The number of morpholine rings is 1. The van der Waals surface area contributed by atoms with Crippen molar-refractivity contribution in [3.05, 3.63) is 101 Å². The maximum atomic E-state index is 16.0. The molecule has 18 nitrogen and oxygen atoms in total. The molecule has 28 heteroatoms. The Bertz CT molecular complexity index is 2820. The van der Waals surface area contributed by atoms with Crippen LogP contribution >= 0.6 is 0 Å². The number of aliphatic hydroxyl groups excluding tert-OH is 1. The third-order valence-corrected chi connectivity index (χ3v) is 13.7. The van der Waals surface area contributed by atoms with Crippen molar-refractivity contribution in [3.8, 4) is 23.1 Å². The summed E-state index contributed by atoms with van der Waals surface area (Å²) in [6.07, 6.45) is -13.6. The molecular formula is C51H58F10N10O8. The lowest BCUT2D eigenvalue weighted by Gasteiger charge is -2.44. The predicted molar refractivity (Wildman–Crippen MR) is 262 cm³/mol. The number of hydrazine groups is 1. The third kappa shape index (κ3) is 15.1. The van der Waals surface area contributed by atoms with Gasteiger partial charge in [0.2, 0.25) is 5.91 Å². The van der Waals surface area contributed by atoms with Gasteiger partial charge in [-0.1, -0.05) is 24.0 Å². The van der Waals surface area contributed by atoms with Gasteiger partial charge in [0.1, 0.15) is 29.5 Å². The molecule has 4 amide bonds. The Morgan fingerprint density at radius 1 is 0.810 bits per heavy atom. The first kappa shape index (κ1) is 61.0. The van der Waals surface area contributed by atoms with Gasteiger partial charge in [0.05, 0.1) is 62.1 Å². The minimum atomic E-state index is -5.23. The molecule has 2 aliphatic heterocycles. The maximum Gasteiger partial charge on any atom is 0.407 e. The van der Waals surface area contributed by atoms with Gasteiger partial charge in [-0.15, -0.1) is 0 Å². The second-order valence-electron chi connectivity index (χ2n) is 19.8. The van der Waals surface area contributed by atoms with Crippen LogP contribution in [-0.4, -0.2) is 157 Å². The van der Waals surface area contributed by atoms with Crippen LogP contribution in [0.1, 0.15) is 56.5 Å². The molecule has 2 unspecified atom stereocenters. The number of halogens is 10. The first-order valence-corrected chi connectivity index (χ1v) is 24.3. The zero-order valence-corrected chi connectivity index (χ0v) is 43.4. The van der Waals surface area contributed by atoms with E-state index in [4.69, 9.17) is 4.74 Å². The highest BCUT2D eigenvalue weighted by molar-refractivity contribution is 5.87. The summed E-state index contributed by atoms with van der Waals surface area (Å²) in [4.78, 5) is 61.9. The molecule has 2 aromatic heterocycles. The predicted octanol–water partition coefficient (Wildman–Crippen LogP) is 6.09. The standard InChI is InChI=1S/C51H58F10N10O8/c1-48(2,50(56,57)58)41(64-46(75)77-5)43(73)63-38(21-30-10-7-29(8-11-30)9-12-31-13-14-40(62-24-31)69-18-17-68-19-20-79-28-33(68)25-69)39(72)27-70(67-44(74)42(65-47(76)78-6)49(3,4)51(59,60)61)26-34-35(52)22-32(23-36(34)53)37-15-16-71(66-37)45(54)55/h7-8,10-11,13-16,22-24,33,38-39,41-42,45,72H,17-21,25-28H2,1-6H3,(H,63,73)(H,64,75)(H,65,76)(H,67,74)/t33-,38+,39+,41?,42?/m1/s1. The zero-order chi connectivity index (χ0) is 58.2. The fraction of sp³-hybridized carbons (Fsp3) is 0.490. The number of hydrogen-bond acceptors (Lipinski definition) is 13. The normalized spacial score (nSPS) is 16.9. The van der Waals surface area contributed by atoms with Crippen LogP contribution in [0.2, 0.25) is 0 Å². The number of carbonyl (C=O) groups is 4. The summed E-state index contributed by atoms with van der Waals surface area (Å²) in [7, 11) is 1.60. The second kappa shape index (κ2) is 25.3. The van der Waals surface area contributed by atoms with E-state index in [0.717, 1.165) is 58.5 Å². The van der Waals surface area contributed by atoms with E-state index in [1.165, 1.54) is 24.3 Å². The first-order valence-electron chi connectivity index (χ1n) is 24.3. The number of rotatable bonds is 18. The topological polar surface area (TPSA) is 205 Å². The third-order valence-electron chi connectivity index (χ3n) is 13.7. The van der Waals surface area contributed by atoms with E-state index < -0.39 is 115 Å². The largest absolute Gasteiger partial charge is 0.453 e. The van der Waals surface area contributed by atoms with Gasteiger partial charge in [0.15, 0.2) is 0 Å². The molecule has 79 heavy (non-hydrogen) atoms. The van der Waals surface area contributed by atoms with Crippen LogP contribution < -0.4 is 26.3 Å².